The summed E-state index contributed by atoms with van der Waals surface area (Å²) in [6, 6.07) is 21.1. The summed E-state index contributed by atoms with van der Waals surface area (Å²) in [5.74, 6) is 0.809. The highest BCUT2D eigenvalue weighted by atomic mass is 14.9. The zero-order valence-corrected chi connectivity index (χ0v) is 18.9. The molecule has 0 atom stereocenters. The number of nitrogens with zero attached hydrogens (tertiary/aromatic N) is 2. The third kappa shape index (κ3) is 4.79. The maximum atomic E-state index is 4.81. The van der Waals surface area contributed by atoms with E-state index in [0.29, 0.717) is 11.8 Å². The fourth-order valence-electron chi connectivity index (χ4n) is 3.81. The number of rotatable bonds is 8. The number of anilines is 2. The molecule has 0 saturated heterocycles. The molecular weight excluding hydrogens is 380 g/mol. The summed E-state index contributed by atoms with van der Waals surface area (Å²) in [4.78, 5) is 9.63. The van der Waals surface area contributed by atoms with Crippen LogP contribution >= 0.6 is 0 Å². The molecule has 0 aliphatic heterocycles. The van der Waals surface area contributed by atoms with Crippen LogP contribution in [0.5, 0.6) is 0 Å². The Labute approximate surface area is 185 Å². The first-order valence-corrected chi connectivity index (χ1v) is 11.3. The largest absolute Gasteiger partial charge is 0.384 e. The van der Waals surface area contributed by atoms with Gasteiger partial charge in [0.05, 0.1) is 11.0 Å². The Balaban J connectivity index is 1.44. The van der Waals surface area contributed by atoms with E-state index in [2.05, 4.69) is 99.0 Å². The average molecular weight is 413 g/mol. The van der Waals surface area contributed by atoms with Crippen LogP contribution in [0.2, 0.25) is 0 Å². The van der Waals surface area contributed by atoms with Crippen LogP contribution in [0.4, 0.5) is 11.4 Å². The topological polar surface area (TPSA) is 49.8 Å². The third-order valence-corrected chi connectivity index (χ3v) is 5.64. The van der Waals surface area contributed by atoms with Crippen LogP contribution < -0.4 is 10.6 Å². The summed E-state index contributed by atoms with van der Waals surface area (Å²) < 4.78 is 0. The van der Waals surface area contributed by atoms with Crippen molar-refractivity contribution in [2.45, 2.75) is 46.0 Å². The second kappa shape index (κ2) is 9.34. The minimum Gasteiger partial charge on any atom is -0.384 e. The molecule has 31 heavy (non-hydrogen) atoms. The first-order chi connectivity index (χ1) is 15.0. The molecule has 160 valence electrons. The van der Waals surface area contributed by atoms with E-state index in [0.717, 1.165) is 41.9 Å². The molecular formula is C27H32N4. The molecule has 0 fully saturated rings. The highest BCUT2D eigenvalue weighted by Crippen LogP contribution is 2.27. The van der Waals surface area contributed by atoms with Gasteiger partial charge in [0, 0.05) is 46.6 Å². The predicted octanol–water partition coefficient (Wildman–Crippen LogP) is 6.94. The van der Waals surface area contributed by atoms with Gasteiger partial charge in [-0.1, -0.05) is 64.1 Å². The summed E-state index contributed by atoms with van der Waals surface area (Å²) in [5, 5.41) is 9.65. The van der Waals surface area contributed by atoms with Gasteiger partial charge in [-0.25, -0.2) is 0 Å². The molecule has 0 spiro atoms. The van der Waals surface area contributed by atoms with Gasteiger partial charge >= 0.3 is 0 Å². The van der Waals surface area contributed by atoms with Crippen molar-refractivity contribution in [2.75, 3.05) is 23.7 Å². The van der Waals surface area contributed by atoms with Crippen molar-refractivity contribution in [1.82, 2.24) is 9.97 Å². The van der Waals surface area contributed by atoms with E-state index in [9.17, 15) is 0 Å². The van der Waals surface area contributed by atoms with Crippen LogP contribution in [0, 0.1) is 0 Å². The van der Waals surface area contributed by atoms with Crippen molar-refractivity contribution < 1.29 is 0 Å². The van der Waals surface area contributed by atoms with Crippen LogP contribution in [0.3, 0.4) is 0 Å². The molecule has 0 saturated carbocycles. The number of fused-ring (bicyclic) bond motifs is 2. The van der Waals surface area contributed by atoms with E-state index in [1.54, 1.807) is 0 Å². The minimum atomic E-state index is 0.405. The number of benzene rings is 2. The molecule has 2 N–H and O–H groups in total. The van der Waals surface area contributed by atoms with Crippen LogP contribution in [0.15, 0.2) is 60.7 Å². The summed E-state index contributed by atoms with van der Waals surface area (Å²) in [6.45, 7) is 10.6. The molecule has 4 aromatic rings. The molecule has 2 aromatic heterocycles. The second-order valence-corrected chi connectivity index (χ2v) is 8.74. The van der Waals surface area contributed by atoms with Crippen LogP contribution in [-0.2, 0) is 0 Å². The van der Waals surface area contributed by atoms with E-state index < -0.39 is 0 Å². The second-order valence-electron chi connectivity index (χ2n) is 8.74. The van der Waals surface area contributed by atoms with Crippen LogP contribution in [0.1, 0.15) is 57.3 Å². The Bertz CT molecular complexity index is 1090. The molecule has 0 radical (unpaired) electrons. The first kappa shape index (κ1) is 21.1. The van der Waals surface area contributed by atoms with Crippen LogP contribution in [0.25, 0.3) is 21.8 Å². The standard InChI is InChI=1S/C27H32N4/c1-18(2)24-16-26(20-10-5-7-12-22(20)30-24)28-14-9-15-29-27-17-25(19(3)4)31-23-13-8-6-11-21(23)27/h5-8,10-13,16-19H,9,14-15H2,1-4H3,(H,28,30)(H,29,31). The Morgan fingerprint density at radius 3 is 1.48 bits per heavy atom. The van der Waals surface area contributed by atoms with E-state index in [1.165, 1.54) is 22.1 Å². The van der Waals surface area contributed by atoms with Crippen molar-refractivity contribution in [3.8, 4) is 0 Å². The van der Waals surface area contributed by atoms with Crippen molar-refractivity contribution in [1.29, 1.82) is 0 Å². The Morgan fingerprint density at radius 2 is 1.06 bits per heavy atom. The molecule has 0 amide bonds. The zero-order chi connectivity index (χ0) is 21.8. The molecule has 0 bridgehead atoms. The number of hydrogen-bond donors (Lipinski definition) is 2. The van der Waals surface area contributed by atoms with Gasteiger partial charge in [-0.3, -0.25) is 9.97 Å². The lowest BCUT2D eigenvalue weighted by Gasteiger charge is -2.15. The predicted molar refractivity (Wildman–Crippen MR) is 133 cm³/mol. The van der Waals surface area contributed by atoms with Crippen molar-refractivity contribution in [3.63, 3.8) is 0 Å². The normalized spacial score (nSPS) is 11.5. The van der Waals surface area contributed by atoms with Gasteiger partial charge in [-0.2, -0.15) is 0 Å². The molecule has 0 aliphatic carbocycles. The summed E-state index contributed by atoms with van der Waals surface area (Å²) in [6.07, 6.45) is 1.02. The van der Waals surface area contributed by atoms with Gasteiger partial charge < -0.3 is 10.6 Å². The lowest BCUT2D eigenvalue weighted by Crippen LogP contribution is -2.11. The summed E-state index contributed by atoms with van der Waals surface area (Å²) in [5.41, 5.74) is 6.71. The monoisotopic (exact) mass is 412 g/mol. The van der Waals surface area contributed by atoms with Gasteiger partial charge in [0.1, 0.15) is 0 Å². The maximum Gasteiger partial charge on any atom is 0.0726 e. The quantitative estimate of drug-likeness (QED) is 0.308. The highest BCUT2D eigenvalue weighted by molar-refractivity contribution is 5.92. The number of nitrogens with one attached hydrogen (secondary N) is 2. The fourth-order valence-corrected chi connectivity index (χ4v) is 3.81. The number of pyridine rings is 2. The van der Waals surface area contributed by atoms with Gasteiger partial charge in [0.2, 0.25) is 0 Å². The SMILES string of the molecule is CC(C)c1cc(NCCCNc2cc(C(C)C)nc3ccccc23)c2ccccc2n1. The molecule has 0 unspecified atom stereocenters. The lowest BCUT2D eigenvalue weighted by atomic mass is 10.1. The smallest absolute Gasteiger partial charge is 0.0726 e. The maximum absolute atomic E-state index is 4.81. The van der Waals surface area contributed by atoms with Crippen molar-refractivity contribution in [2.24, 2.45) is 0 Å². The Kier molecular flexibility index (Phi) is 6.36. The van der Waals surface area contributed by atoms with E-state index >= 15 is 0 Å². The minimum absolute atomic E-state index is 0.405. The molecule has 2 heterocycles. The number of para-hydroxylation sites is 2. The Hall–Kier alpha value is -3.14. The van der Waals surface area contributed by atoms with Gasteiger partial charge in [0.15, 0.2) is 0 Å². The van der Waals surface area contributed by atoms with Gasteiger partial charge in [0.25, 0.3) is 0 Å². The average Bonchev–Trinajstić information content (AvgIpc) is 2.78. The van der Waals surface area contributed by atoms with Gasteiger partial charge in [-0.05, 0) is 42.5 Å². The third-order valence-electron chi connectivity index (χ3n) is 5.64. The molecule has 2 aromatic carbocycles. The number of hydrogen-bond acceptors (Lipinski definition) is 4. The van der Waals surface area contributed by atoms with Crippen LogP contribution in [-0.4, -0.2) is 23.1 Å². The fraction of sp³-hybridized carbons (Fsp3) is 0.333. The van der Waals surface area contributed by atoms with E-state index in [-0.39, 0.29) is 0 Å². The first-order valence-electron chi connectivity index (χ1n) is 11.3. The molecule has 4 rings (SSSR count). The molecule has 0 aliphatic rings. The lowest BCUT2D eigenvalue weighted by molar-refractivity contribution is 0.828. The molecule has 4 nitrogen and oxygen atoms in total. The Morgan fingerprint density at radius 1 is 0.645 bits per heavy atom. The van der Waals surface area contributed by atoms with E-state index in [1.807, 2.05) is 0 Å². The highest BCUT2D eigenvalue weighted by Gasteiger charge is 2.09. The summed E-state index contributed by atoms with van der Waals surface area (Å²) >= 11 is 0. The zero-order valence-electron chi connectivity index (χ0n) is 18.9. The molecule has 4 heteroatoms. The van der Waals surface area contributed by atoms with Gasteiger partial charge in [-0.15, -0.1) is 0 Å². The summed E-state index contributed by atoms with van der Waals surface area (Å²) in [7, 11) is 0. The van der Waals surface area contributed by atoms with E-state index in [4.69, 9.17) is 9.97 Å². The van der Waals surface area contributed by atoms with Crippen molar-refractivity contribution >= 4 is 33.2 Å². The van der Waals surface area contributed by atoms with Crippen molar-refractivity contribution in [3.05, 3.63) is 72.1 Å². The number of aromatic nitrogens is 2.